The molecule has 0 aromatic heterocycles. The van der Waals surface area contributed by atoms with Crippen LogP contribution in [0.4, 0.5) is 4.39 Å². The minimum Gasteiger partial charge on any atom is -0.496 e. The fourth-order valence-electron chi connectivity index (χ4n) is 1.73. The van der Waals surface area contributed by atoms with Crippen molar-refractivity contribution in [3.63, 3.8) is 0 Å². The lowest BCUT2D eigenvalue weighted by molar-refractivity contribution is 0.406. The summed E-state index contributed by atoms with van der Waals surface area (Å²) in [6.45, 7) is 0. The van der Waals surface area contributed by atoms with Crippen LogP contribution in [0.25, 0.3) is 0 Å². The minimum atomic E-state index is -0.385. The molecular weight excluding hydrogens is 445 g/mol. The van der Waals surface area contributed by atoms with Crippen LogP contribution in [0, 0.1) is 9.39 Å². The van der Waals surface area contributed by atoms with Gasteiger partial charge in [-0.1, -0.05) is 12.1 Å². The van der Waals surface area contributed by atoms with Gasteiger partial charge in [0.05, 0.1) is 17.0 Å². The van der Waals surface area contributed by atoms with E-state index in [1.807, 2.05) is 24.3 Å². The Bertz CT molecular complexity index is 589. The monoisotopic (exact) mass is 454 g/mol. The molecule has 1 nitrogen and oxygen atoms in total. The molecule has 5 heteroatoms. The number of rotatable bonds is 3. The normalized spacial score (nSPS) is 12.3. The van der Waals surface area contributed by atoms with Crippen molar-refractivity contribution in [1.82, 2.24) is 0 Å². The molecule has 0 N–H and O–H groups in total. The van der Waals surface area contributed by atoms with Crippen LogP contribution in [0.5, 0.6) is 5.75 Å². The first-order chi connectivity index (χ1) is 9.02. The maximum absolute atomic E-state index is 13.5. The molecule has 19 heavy (non-hydrogen) atoms. The molecule has 0 radical (unpaired) electrons. The van der Waals surface area contributed by atoms with Crippen molar-refractivity contribution in [1.29, 1.82) is 0 Å². The third-order valence-electron chi connectivity index (χ3n) is 2.71. The Labute approximate surface area is 138 Å². The van der Waals surface area contributed by atoms with Gasteiger partial charge in [-0.3, -0.25) is 0 Å². The van der Waals surface area contributed by atoms with Crippen molar-refractivity contribution in [3.05, 3.63) is 61.4 Å². The van der Waals surface area contributed by atoms with E-state index < -0.39 is 0 Å². The molecule has 1 atom stereocenters. The van der Waals surface area contributed by atoms with E-state index in [9.17, 15) is 4.39 Å². The molecule has 0 saturated carbocycles. The van der Waals surface area contributed by atoms with Crippen LogP contribution in [-0.4, -0.2) is 7.11 Å². The van der Waals surface area contributed by atoms with Gasteiger partial charge in [-0.2, -0.15) is 0 Å². The van der Waals surface area contributed by atoms with Gasteiger partial charge in [-0.05, 0) is 62.3 Å². The van der Waals surface area contributed by atoms with Crippen LogP contribution < -0.4 is 4.74 Å². The van der Waals surface area contributed by atoms with Crippen LogP contribution in [-0.2, 0) is 0 Å². The molecule has 2 aromatic rings. The van der Waals surface area contributed by atoms with Crippen LogP contribution in [0.3, 0.4) is 0 Å². The molecule has 1 unspecified atom stereocenters. The van der Waals surface area contributed by atoms with E-state index in [2.05, 4.69) is 38.5 Å². The van der Waals surface area contributed by atoms with E-state index in [0.29, 0.717) is 10.2 Å². The summed E-state index contributed by atoms with van der Waals surface area (Å²) in [5.41, 5.74) is 1.68. The van der Waals surface area contributed by atoms with Gasteiger partial charge >= 0.3 is 0 Å². The molecular formula is C14H10BrClFIO. The van der Waals surface area contributed by atoms with Gasteiger partial charge in [0.25, 0.3) is 0 Å². The number of halogens is 4. The van der Waals surface area contributed by atoms with E-state index in [4.69, 9.17) is 16.3 Å². The standard InChI is InChI=1S/C14H10BrClFIO/c1-19-13-7-12(17)11(15)6-10(13)14(16)8-2-4-9(18)5-3-8/h2-7,14H,1H3. The molecule has 0 amide bonds. The number of alkyl halides is 1. The second-order valence-corrected chi connectivity index (χ2v) is 6.46. The van der Waals surface area contributed by atoms with Gasteiger partial charge in [-0.15, -0.1) is 11.6 Å². The second-order valence-electron chi connectivity index (χ2n) is 3.92. The molecule has 0 aliphatic rings. The van der Waals surface area contributed by atoms with E-state index >= 15 is 0 Å². The molecule has 0 aliphatic carbocycles. The molecule has 0 spiro atoms. The summed E-state index contributed by atoms with van der Waals surface area (Å²) in [5.74, 6) is 0.0753. The maximum Gasteiger partial charge on any atom is 0.141 e. The summed E-state index contributed by atoms with van der Waals surface area (Å²) in [5, 5.41) is -0.385. The highest BCUT2D eigenvalue weighted by Crippen LogP contribution is 2.37. The SMILES string of the molecule is COc1cc(F)c(Br)cc1C(Cl)c1ccc(I)cc1. The summed E-state index contributed by atoms with van der Waals surface area (Å²) in [6, 6.07) is 10.9. The summed E-state index contributed by atoms with van der Waals surface area (Å²) < 4.78 is 20.2. The van der Waals surface area contributed by atoms with Crippen LogP contribution in [0.2, 0.25) is 0 Å². The van der Waals surface area contributed by atoms with Crippen molar-refractivity contribution in [2.75, 3.05) is 7.11 Å². The predicted molar refractivity (Wildman–Crippen MR) is 87.5 cm³/mol. The zero-order valence-electron chi connectivity index (χ0n) is 9.96. The topological polar surface area (TPSA) is 9.23 Å². The largest absolute Gasteiger partial charge is 0.496 e. The maximum atomic E-state index is 13.5. The van der Waals surface area contributed by atoms with Crippen molar-refractivity contribution < 1.29 is 9.13 Å². The van der Waals surface area contributed by atoms with E-state index in [1.54, 1.807) is 6.07 Å². The number of methoxy groups -OCH3 is 1. The molecule has 0 heterocycles. The first-order valence-electron chi connectivity index (χ1n) is 5.45. The zero-order valence-corrected chi connectivity index (χ0v) is 14.5. The summed E-state index contributed by atoms with van der Waals surface area (Å²) in [6.07, 6.45) is 0. The van der Waals surface area contributed by atoms with Crippen molar-refractivity contribution in [2.45, 2.75) is 5.38 Å². The Hall–Kier alpha value is -0.330. The zero-order chi connectivity index (χ0) is 14.0. The van der Waals surface area contributed by atoms with E-state index in [1.165, 1.54) is 13.2 Å². The van der Waals surface area contributed by atoms with Gasteiger partial charge in [0.2, 0.25) is 0 Å². The summed E-state index contributed by atoms with van der Waals surface area (Å²) in [4.78, 5) is 0. The fourth-order valence-corrected chi connectivity index (χ4v) is 2.77. The van der Waals surface area contributed by atoms with Crippen LogP contribution in [0.15, 0.2) is 40.9 Å². The van der Waals surface area contributed by atoms with Gasteiger partial charge in [-0.25, -0.2) is 4.39 Å². The third kappa shape index (κ3) is 3.41. The average Bonchev–Trinajstić information content (AvgIpc) is 2.41. The van der Waals surface area contributed by atoms with E-state index in [0.717, 1.165) is 14.7 Å². The van der Waals surface area contributed by atoms with Gasteiger partial charge < -0.3 is 4.74 Å². The summed E-state index contributed by atoms with van der Waals surface area (Å²) >= 11 is 11.9. The predicted octanol–water partition coefficient (Wildman–Crippen LogP) is 5.53. The lowest BCUT2D eigenvalue weighted by Gasteiger charge is -2.15. The Kier molecular flexibility index (Phi) is 5.09. The highest BCUT2D eigenvalue weighted by Gasteiger charge is 2.18. The highest BCUT2D eigenvalue weighted by atomic mass is 127. The molecule has 0 saturated heterocycles. The van der Waals surface area contributed by atoms with Gasteiger partial charge in [0.15, 0.2) is 0 Å². The van der Waals surface area contributed by atoms with Crippen molar-refractivity contribution in [2.24, 2.45) is 0 Å². The Morgan fingerprint density at radius 2 is 1.89 bits per heavy atom. The summed E-state index contributed by atoms with van der Waals surface area (Å²) in [7, 11) is 1.50. The van der Waals surface area contributed by atoms with Gasteiger partial charge in [0, 0.05) is 15.2 Å². The first-order valence-corrected chi connectivity index (χ1v) is 7.76. The second kappa shape index (κ2) is 6.41. The van der Waals surface area contributed by atoms with Crippen LogP contribution in [0.1, 0.15) is 16.5 Å². The average molecular weight is 455 g/mol. The van der Waals surface area contributed by atoms with Crippen molar-refractivity contribution in [3.8, 4) is 5.75 Å². The number of benzene rings is 2. The Morgan fingerprint density at radius 1 is 1.26 bits per heavy atom. The Morgan fingerprint density at radius 3 is 2.47 bits per heavy atom. The number of ether oxygens (including phenoxy) is 1. The van der Waals surface area contributed by atoms with E-state index in [-0.39, 0.29) is 11.2 Å². The first kappa shape index (κ1) is 15.1. The quantitative estimate of drug-likeness (QED) is 0.437. The molecule has 0 fully saturated rings. The van der Waals surface area contributed by atoms with Crippen LogP contribution >= 0.6 is 50.1 Å². The Balaban J connectivity index is 2.45. The number of hydrogen-bond acceptors (Lipinski definition) is 1. The lowest BCUT2D eigenvalue weighted by Crippen LogP contribution is -1.99. The fraction of sp³-hybridized carbons (Fsp3) is 0.143. The number of hydrogen-bond donors (Lipinski definition) is 0. The lowest BCUT2D eigenvalue weighted by atomic mass is 10.0. The molecule has 2 rings (SSSR count). The molecule has 0 aliphatic heterocycles. The van der Waals surface area contributed by atoms with Crippen molar-refractivity contribution >= 4 is 50.1 Å². The molecule has 100 valence electrons. The smallest absolute Gasteiger partial charge is 0.141 e. The molecule has 2 aromatic carbocycles. The minimum absolute atomic E-state index is 0.368. The molecule has 0 bridgehead atoms. The third-order valence-corrected chi connectivity index (χ3v) is 4.52. The van der Waals surface area contributed by atoms with Gasteiger partial charge in [0.1, 0.15) is 11.6 Å². The highest BCUT2D eigenvalue weighted by molar-refractivity contribution is 14.1.